The van der Waals surface area contributed by atoms with E-state index in [1.807, 2.05) is 24.4 Å². The normalized spacial score (nSPS) is 9.59. The number of hydrogen-bond acceptors (Lipinski definition) is 3. The zero-order valence-electron chi connectivity index (χ0n) is 8.97. The number of nitrogens with one attached hydrogen (secondary N) is 2. The lowest BCUT2D eigenvalue weighted by Crippen LogP contribution is -2.19. The zero-order valence-corrected chi connectivity index (χ0v) is 8.97. The van der Waals surface area contributed by atoms with Gasteiger partial charge in [0.15, 0.2) is 6.19 Å². The summed E-state index contributed by atoms with van der Waals surface area (Å²) in [5.74, 6) is -0.323. The van der Waals surface area contributed by atoms with Crippen LogP contribution in [-0.2, 0) is 11.2 Å². The fraction of sp³-hybridized carbons (Fsp3) is 0.0833. The van der Waals surface area contributed by atoms with E-state index in [0.29, 0.717) is 0 Å². The summed E-state index contributed by atoms with van der Waals surface area (Å²) in [6.45, 7) is 0. The van der Waals surface area contributed by atoms with Gasteiger partial charge >= 0.3 is 0 Å². The number of carbonyl (C=O) groups is 1. The van der Waals surface area contributed by atoms with E-state index in [4.69, 9.17) is 5.26 Å². The molecule has 17 heavy (non-hydrogen) atoms. The number of aromatic nitrogens is 2. The number of rotatable bonds is 3. The number of hydrogen-bond donors (Lipinski definition) is 2. The van der Waals surface area contributed by atoms with Crippen molar-refractivity contribution in [3.8, 4) is 17.3 Å². The lowest BCUT2D eigenvalue weighted by Gasteiger charge is -1.95. The first-order chi connectivity index (χ1) is 8.29. The van der Waals surface area contributed by atoms with Crippen molar-refractivity contribution >= 4 is 5.91 Å². The van der Waals surface area contributed by atoms with Crippen LogP contribution in [0.3, 0.4) is 0 Å². The van der Waals surface area contributed by atoms with Crippen molar-refractivity contribution in [2.45, 2.75) is 6.42 Å². The quantitative estimate of drug-likeness (QED) is 0.609. The Kier molecular flexibility index (Phi) is 3.17. The van der Waals surface area contributed by atoms with Crippen molar-refractivity contribution in [2.75, 3.05) is 0 Å². The van der Waals surface area contributed by atoms with E-state index < -0.39 is 0 Å². The van der Waals surface area contributed by atoms with E-state index in [2.05, 4.69) is 15.3 Å². The summed E-state index contributed by atoms with van der Waals surface area (Å²) in [6, 6.07) is 5.66. The average Bonchev–Trinajstić information content (AvgIpc) is 2.79. The van der Waals surface area contributed by atoms with Gasteiger partial charge in [0.25, 0.3) is 0 Å². The predicted molar refractivity (Wildman–Crippen MR) is 61.5 cm³/mol. The van der Waals surface area contributed by atoms with Gasteiger partial charge in [-0.05, 0) is 29.3 Å². The summed E-state index contributed by atoms with van der Waals surface area (Å²) in [4.78, 5) is 18.1. The Balaban J connectivity index is 2.12. The number of pyridine rings is 1. The van der Waals surface area contributed by atoms with E-state index in [-0.39, 0.29) is 12.3 Å². The van der Waals surface area contributed by atoms with Gasteiger partial charge in [0.2, 0.25) is 5.91 Å². The maximum atomic E-state index is 11.2. The third-order valence-corrected chi connectivity index (χ3v) is 2.30. The number of amides is 1. The van der Waals surface area contributed by atoms with Crippen molar-refractivity contribution in [2.24, 2.45) is 0 Å². The fourth-order valence-corrected chi connectivity index (χ4v) is 1.53. The molecule has 0 aliphatic carbocycles. The molecule has 0 saturated heterocycles. The van der Waals surface area contributed by atoms with E-state index in [1.54, 1.807) is 18.6 Å². The third-order valence-electron chi connectivity index (χ3n) is 2.30. The van der Waals surface area contributed by atoms with Gasteiger partial charge in [-0.2, -0.15) is 5.26 Å². The molecule has 2 rings (SSSR count). The molecule has 2 aromatic rings. The molecular weight excluding hydrogens is 216 g/mol. The first-order valence-electron chi connectivity index (χ1n) is 5.05. The summed E-state index contributed by atoms with van der Waals surface area (Å²) in [5, 5.41) is 10.4. The Morgan fingerprint density at radius 2 is 2.18 bits per heavy atom. The van der Waals surface area contributed by atoms with Crippen molar-refractivity contribution in [1.82, 2.24) is 15.3 Å². The minimum absolute atomic E-state index is 0.165. The largest absolute Gasteiger partial charge is 0.364 e. The molecule has 2 aromatic heterocycles. The molecule has 2 heterocycles. The molecule has 5 nitrogen and oxygen atoms in total. The molecule has 0 saturated carbocycles. The number of H-pyrrole nitrogens is 1. The SMILES string of the molecule is N#CNC(=O)Cc1cc(-c2ccncc2)c[nH]1. The smallest absolute Gasteiger partial charge is 0.238 e. The molecule has 0 aliphatic heterocycles. The van der Waals surface area contributed by atoms with Crippen LogP contribution in [0.1, 0.15) is 5.69 Å². The number of aromatic amines is 1. The van der Waals surface area contributed by atoms with Crippen LogP contribution in [0.2, 0.25) is 0 Å². The van der Waals surface area contributed by atoms with E-state index in [0.717, 1.165) is 16.8 Å². The highest BCUT2D eigenvalue weighted by molar-refractivity contribution is 5.80. The lowest BCUT2D eigenvalue weighted by atomic mass is 10.1. The number of nitriles is 1. The van der Waals surface area contributed by atoms with Gasteiger partial charge in [0, 0.05) is 24.3 Å². The van der Waals surface area contributed by atoms with Crippen LogP contribution >= 0.6 is 0 Å². The van der Waals surface area contributed by atoms with Crippen molar-refractivity contribution in [1.29, 1.82) is 5.26 Å². The van der Waals surface area contributed by atoms with Gasteiger partial charge in [-0.3, -0.25) is 15.1 Å². The second-order valence-electron chi connectivity index (χ2n) is 3.49. The molecule has 1 amide bonds. The van der Waals surface area contributed by atoms with E-state index in [1.165, 1.54) is 0 Å². The summed E-state index contributed by atoms with van der Waals surface area (Å²) in [5.41, 5.74) is 2.79. The molecule has 0 bridgehead atoms. The highest BCUT2D eigenvalue weighted by Gasteiger charge is 2.06. The van der Waals surface area contributed by atoms with E-state index >= 15 is 0 Å². The third kappa shape index (κ3) is 2.69. The van der Waals surface area contributed by atoms with Crippen LogP contribution in [0.4, 0.5) is 0 Å². The molecule has 0 radical (unpaired) electrons. The fourth-order valence-electron chi connectivity index (χ4n) is 1.53. The topological polar surface area (TPSA) is 81.6 Å². The molecule has 0 aliphatic rings. The molecule has 5 heteroatoms. The molecule has 0 atom stereocenters. The molecule has 0 aromatic carbocycles. The predicted octanol–water partition coefficient (Wildman–Crippen LogP) is 1.22. The summed E-state index contributed by atoms with van der Waals surface area (Å²) >= 11 is 0. The highest BCUT2D eigenvalue weighted by Crippen LogP contribution is 2.19. The molecule has 84 valence electrons. The minimum atomic E-state index is -0.323. The van der Waals surface area contributed by atoms with Gasteiger partial charge in [-0.25, -0.2) is 0 Å². The Labute approximate surface area is 98.1 Å². The van der Waals surface area contributed by atoms with Gasteiger partial charge in [-0.15, -0.1) is 0 Å². The van der Waals surface area contributed by atoms with Crippen molar-refractivity contribution in [3.63, 3.8) is 0 Å². The van der Waals surface area contributed by atoms with E-state index in [9.17, 15) is 4.79 Å². The maximum absolute atomic E-state index is 11.2. The molecule has 2 N–H and O–H groups in total. The van der Waals surface area contributed by atoms with Crippen LogP contribution in [0, 0.1) is 11.5 Å². The summed E-state index contributed by atoms with van der Waals surface area (Å²) < 4.78 is 0. The molecule has 0 spiro atoms. The number of nitrogens with zero attached hydrogens (tertiary/aromatic N) is 2. The van der Waals surface area contributed by atoms with Crippen molar-refractivity contribution < 1.29 is 4.79 Å². The first-order valence-corrected chi connectivity index (χ1v) is 5.05. The Morgan fingerprint density at radius 3 is 2.88 bits per heavy atom. The van der Waals surface area contributed by atoms with Crippen LogP contribution in [-0.4, -0.2) is 15.9 Å². The maximum Gasteiger partial charge on any atom is 0.238 e. The van der Waals surface area contributed by atoms with Crippen LogP contribution in [0.25, 0.3) is 11.1 Å². The molecular formula is C12H10N4O. The summed E-state index contributed by atoms with van der Waals surface area (Å²) in [7, 11) is 0. The average molecular weight is 226 g/mol. The van der Waals surface area contributed by atoms with Crippen LogP contribution in [0.15, 0.2) is 36.8 Å². The first kappa shape index (κ1) is 10.9. The Hall–Kier alpha value is -2.61. The minimum Gasteiger partial charge on any atom is -0.364 e. The highest BCUT2D eigenvalue weighted by atomic mass is 16.1. The number of carbonyl (C=O) groups excluding carboxylic acids is 1. The van der Waals surface area contributed by atoms with Crippen LogP contribution in [0.5, 0.6) is 0 Å². The molecule has 0 unspecified atom stereocenters. The van der Waals surface area contributed by atoms with Gasteiger partial charge < -0.3 is 4.98 Å². The second kappa shape index (κ2) is 4.94. The van der Waals surface area contributed by atoms with Crippen molar-refractivity contribution in [3.05, 3.63) is 42.5 Å². The van der Waals surface area contributed by atoms with Crippen LogP contribution < -0.4 is 5.32 Å². The Bertz CT molecular complexity index is 553. The van der Waals surface area contributed by atoms with Gasteiger partial charge in [-0.1, -0.05) is 0 Å². The standard InChI is InChI=1S/C12H10N4O/c13-8-16-12(17)6-11-5-10(7-15-11)9-1-3-14-4-2-9/h1-5,7,15H,6H2,(H,16,17). The van der Waals surface area contributed by atoms with Gasteiger partial charge in [0.1, 0.15) is 0 Å². The van der Waals surface area contributed by atoms with Gasteiger partial charge in [0.05, 0.1) is 6.42 Å². The lowest BCUT2D eigenvalue weighted by molar-refractivity contribution is -0.119. The monoisotopic (exact) mass is 226 g/mol. The molecule has 0 fully saturated rings. The second-order valence-corrected chi connectivity index (χ2v) is 3.49. The summed E-state index contributed by atoms with van der Waals surface area (Å²) in [6.07, 6.45) is 7.02. The zero-order chi connectivity index (χ0) is 12.1. The Morgan fingerprint density at radius 1 is 1.41 bits per heavy atom.